The number of piperidine rings is 1. The van der Waals surface area contributed by atoms with E-state index in [9.17, 15) is 9.59 Å². The van der Waals surface area contributed by atoms with Gasteiger partial charge in [0.1, 0.15) is 0 Å². The molecule has 2 aromatic rings. The van der Waals surface area contributed by atoms with E-state index in [1.165, 1.54) is 0 Å². The van der Waals surface area contributed by atoms with E-state index in [4.69, 9.17) is 0 Å². The van der Waals surface area contributed by atoms with Crippen molar-refractivity contribution in [2.45, 2.75) is 18.8 Å². The van der Waals surface area contributed by atoms with E-state index < -0.39 is 0 Å². The van der Waals surface area contributed by atoms with E-state index in [1.807, 2.05) is 17.2 Å². The van der Waals surface area contributed by atoms with Crippen LogP contribution in [0.2, 0.25) is 0 Å². The predicted octanol–water partition coefficient (Wildman–Crippen LogP) is 1.80. The van der Waals surface area contributed by atoms with Crippen molar-refractivity contribution in [1.82, 2.24) is 14.5 Å². The minimum atomic E-state index is 0.0198. The third-order valence-corrected chi connectivity index (χ3v) is 4.29. The molecule has 1 aliphatic heterocycles. The maximum atomic E-state index is 12.4. The molecule has 0 spiro atoms. The number of pyridine rings is 2. The number of amides is 1. The lowest BCUT2D eigenvalue weighted by Crippen LogP contribution is -2.38. The Kier molecular flexibility index (Phi) is 4.04. The minimum Gasteiger partial charge on any atom is -0.339 e. The molecule has 22 heavy (non-hydrogen) atoms. The minimum absolute atomic E-state index is 0.0198. The van der Waals surface area contributed by atoms with Crippen LogP contribution in [0.4, 0.5) is 0 Å². The van der Waals surface area contributed by atoms with Gasteiger partial charge in [0.2, 0.25) is 0 Å². The number of carbonyl (C=O) groups is 1. The number of aromatic nitrogens is 2. The Bertz CT molecular complexity index is 716. The maximum absolute atomic E-state index is 12.4. The molecule has 0 radical (unpaired) electrons. The van der Waals surface area contributed by atoms with Crippen molar-refractivity contribution >= 4 is 5.91 Å². The van der Waals surface area contributed by atoms with Crippen LogP contribution >= 0.6 is 0 Å². The van der Waals surface area contributed by atoms with Crippen LogP contribution in [0.25, 0.3) is 0 Å². The van der Waals surface area contributed by atoms with Crippen molar-refractivity contribution in [2.75, 3.05) is 13.1 Å². The van der Waals surface area contributed by atoms with Gasteiger partial charge in [0.25, 0.3) is 11.5 Å². The van der Waals surface area contributed by atoms with Gasteiger partial charge in [0.05, 0.1) is 5.56 Å². The van der Waals surface area contributed by atoms with E-state index in [2.05, 4.69) is 4.98 Å². The van der Waals surface area contributed by atoms with Crippen LogP contribution in [0.3, 0.4) is 0 Å². The first kappa shape index (κ1) is 14.5. The van der Waals surface area contributed by atoms with Gasteiger partial charge >= 0.3 is 0 Å². The van der Waals surface area contributed by atoms with Crippen LogP contribution in [-0.4, -0.2) is 33.4 Å². The first-order valence-electron chi connectivity index (χ1n) is 7.51. The summed E-state index contributed by atoms with van der Waals surface area (Å²) in [5.74, 6) is 0.391. The SMILES string of the molecule is Cn1ccc(C2CCN(C(=O)c3cccnc3)CC2)cc1=O. The molecule has 1 saturated heterocycles. The van der Waals surface area contributed by atoms with Crippen molar-refractivity contribution in [2.24, 2.45) is 7.05 Å². The lowest BCUT2D eigenvalue weighted by molar-refractivity contribution is 0.0712. The predicted molar refractivity (Wildman–Crippen MR) is 83.8 cm³/mol. The first-order chi connectivity index (χ1) is 10.6. The summed E-state index contributed by atoms with van der Waals surface area (Å²) in [5.41, 5.74) is 1.73. The van der Waals surface area contributed by atoms with Crippen LogP contribution in [-0.2, 0) is 7.05 Å². The average Bonchev–Trinajstić information content (AvgIpc) is 2.58. The van der Waals surface area contributed by atoms with Crippen LogP contribution in [0.15, 0.2) is 47.7 Å². The maximum Gasteiger partial charge on any atom is 0.255 e. The zero-order chi connectivity index (χ0) is 15.5. The Morgan fingerprint density at radius 1 is 1.27 bits per heavy atom. The number of hydrogen-bond donors (Lipinski definition) is 0. The molecule has 3 rings (SSSR count). The molecular weight excluding hydrogens is 278 g/mol. The van der Waals surface area contributed by atoms with E-state index >= 15 is 0 Å². The van der Waals surface area contributed by atoms with Gasteiger partial charge in [-0.05, 0) is 42.5 Å². The highest BCUT2D eigenvalue weighted by Gasteiger charge is 2.24. The Morgan fingerprint density at radius 2 is 2.05 bits per heavy atom. The van der Waals surface area contributed by atoms with Crippen LogP contribution < -0.4 is 5.56 Å². The Labute approximate surface area is 129 Å². The third-order valence-electron chi connectivity index (χ3n) is 4.29. The molecule has 114 valence electrons. The highest BCUT2D eigenvalue weighted by atomic mass is 16.2. The molecule has 0 saturated carbocycles. The van der Waals surface area contributed by atoms with Gasteiger partial charge in [-0.2, -0.15) is 0 Å². The standard InChI is InChI=1S/C17H19N3O2/c1-19-8-4-14(11-16(19)21)13-5-9-20(10-6-13)17(22)15-3-2-7-18-12-15/h2-4,7-8,11-13H,5-6,9-10H2,1H3. The molecule has 1 amide bonds. The molecule has 0 atom stereocenters. The van der Waals surface area contributed by atoms with Crippen molar-refractivity contribution in [3.8, 4) is 0 Å². The summed E-state index contributed by atoms with van der Waals surface area (Å²) >= 11 is 0. The zero-order valence-corrected chi connectivity index (χ0v) is 12.6. The highest BCUT2D eigenvalue weighted by molar-refractivity contribution is 5.93. The van der Waals surface area contributed by atoms with Gasteiger partial charge in [-0.15, -0.1) is 0 Å². The summed E-state index contributed by atoms with van der Waals surface area (Å²) in [7, 11) is 1.75. The van der Waals surface area contributed by atoms with Gasteiger partial charge < -0.3 is 9.47 Å². The molecule has 0 aliphatic carbocycles. The summed E-state index contributed by atoms with van der Waals surface area (Å²) in [6.07, 6.45) is 6.86. The Balaban J connectivity index is 1.66. The van der Waals surface area contributed by atoms with E-state index in [-0.39, 0.29) is 11.5 Å². The average molecular weight is 297 g/mol. The summed E-state index contributed by atoms with van der Waals surface area (Å²) in [6, 6.07) is 7.29. The van der Waals surface area contributed by atoms with Crippen LogP contribution in [0, 0.1) is 0 Å². The Hall–Kier alpha value is -2.43. The monoisotopic (exact) mass is 297 g/mol. The van der Waals surface area contributed by atoms with Crippen molar-refractivity contribution < 1.29 is 4.79 Å². The van der Waals surface area contributed by atoms with Crippen molar-refractivity contribution in [1.29, 1.82) is 0 Å². The van der Waals surface area contributed by atoms with Crippen molar-refractivity contribution in [3.05, 3.63) is 64.3 Å². The summed E-state index contributed by atoms with van der Waals surface area (Å²) < 4.78 is 1.57. The summed E-state index contributed by atoms with van der Waals surface area (Å²) in [6.45, 7) is 1.43. The third kappa shape index (κ3) is 2.93. The second-order valence-corrected chi connectivity index (χ2v) is 5.72. The normalized spacial score (nSPS) is 15.8. The lowest BCUT2D eigenvalue weighted by Gasteiger charge is -2.32. The molecule has 1 fully saturated rings. The fourth-order valence-electron chi connectivity index (χ4n) is 2.91. The van der Waals surface area contributed by atoms with Gasteiger partial charge in [0, 0.05) is 44.8 Å². The number of nitrogens with zero attached hydrogens (tertiary/aromatic N) is 3. The summed E-state index contributed by atoms with van der Waals surface area (Å²) in [5, 5.41) is 0. The fourth-order valence-corrected chi connectivity index (χ4v) is 2.91. The van der Waals surface area contributed by atoms with E-state index in [1.54, 1.807) is 42.2 Å². The molecule has 5 heteroatoms. The van der Waals surface area contributed by atoms with Gasteiger partial charge in [-0.25, -0.2) is 0 Å². The molecule has 0 bridgehead atoms. The number of carbonyl (C=O) groups excluding carboxylic acids is 1. The van der Waals surface area contributed by atoms with Gasteiger partial charge in [-0.3, -0.25) is 14.6 Å². The quantitative estimate of drug-likeness (QED) is 0.849. The zero-order valence-electron chi connectivity index (χ0n) is 12.6. The van der Waals surface area contributed by atoms with E-state index in [0.717, 1.165) is 18.4 Å². The first-order valence-corrected chi connectivity index (χ1v) is 7.51. The second-order valence-electron chi connectivity index (χ2n) is 5.72. The van der Waals surface area contributed by atoms with Crippen molar-refractivity contribution in [3.63, 3.8) is 0 Å². The topological polar surface area (TPSA) is 55.2 Å². The summed E-state index contributed by atoms with van der Waals surface area (Å²) in [4.78, 5) is 30.0. The Morgan fingerprint density at radius 3 is 2.68 bits per heavy atom. The molecule has 0 unspecified atom stereocenters. The molecular formula is C17H19N3O2. The van der Waals surface area contributed by atoms with Gasteiger partial charge in [-0.1, -0.05) is 0 Å². The van der Waals surface area contributed by atoms with Crippen LogP contribution in [0.1, 0.15) is 34.7 Å². The molecule has 0 N–H and O–H groups in total. The molecule has 5 nitrogen and oxygen atoms in total. The molecule has 3 heterocycles. The second kappa shape index (κ2) is 6.13. The number of likely N-dealkylation sites (tertiary alicyclic amines) is 1. The van der Waals surface area contributed by atoms with E-state index in [0.29, 0.717) is 24.6 Å². The van der Waals surface area contributed by atoms with Gasteiger partial charge in [0.15, 0.2) is 0 Å². The highest BCUT2D eigenvalue weighted by Crippen LogP contribution is 2.27. The number of rotatable bonds is 2. The molecule has 2 aromatic heterocycles. The smallest absolute Gasteiger partial charge is 0.255 e. The molecule has 0 aromatic carbocycles. The molecule has 1 aliphatic rings. The number of aryl methyl sites for hydroxylation is 1. The lowest BCUT2D eigenvalue weighted by atomic mass is 9.90. The fraction of sp³-hybridized carbons (Fsp3) is 0.353. The van der Waals surface area contributed by atoms with Crippen LogP contribution in [0.5, 0.6) is 0 Å². The number of hydrogen-bond acceptors (Lipinski definition) is 3. The largest absolute Gasteiger partial charge is 0.339 e.